The van der Waals surface area contributed by atoms with Crippen LogP contribution in [-0.4, -0.2) is 25.0 Å². The zero-order valence-corrected chi connectivity index (χ0v) is 12.7. The second-order valence-electron chi connectivity index (χ2n) is 4.46. The predicted octanol–water partition coefficient (Wildman–Crippen LogP) is 2.80. The van der Waals surface area contributed by atoms with Gasteiger partial charge in [0.1, 0.15) is 0 Å². The number of nitrogens with one attached hydrogen (secondary N) is 1. The van der Waals surface area contributed by atoms with E-state index in [9.17, 15) is 0 Å². The summed E-state index contributed by atoms with van der Waals surface area (Å²) in [5.74, 6) is 7.30. The van der Waals surface area contributed by atoms with Crippen molar-refractivity contribution in [1.82, 2.24) is 5.43 Å². The van der Waals surface area contributed by atoms with E-state index >= 15 is 0 Å². The van der Waals surface area contributed by atoms with Crippen molar-refractivity contribution in [2.24, 2.45) is 11.8 Å². The Labute approximate surface area is 121 Å². The highest BCUT2D eigenvalue weighted by Crippen LogP contribution is 2.29. The molecule has 0 saturated carbocycles. The first-order valence-corrected chi connectivity index (χ1v) is 8.00. The number of hydrogen-bond donors (Lipinski definition) is 2. The van der Waals surface area contributed by atoms with Crippen LogP contribution in [0.15, 0.2) is 33.6 Å². The van der Waals surface area contributed by atoms with Crippen molar-refractivity contribution in [3.05, 3.63) is 28.7 Å². The Balaban J connectivity index is 1.88. The highest BCUT2D eigenvalue weighted by atomic mass is 79.9. The molecule has 0 aromatic heterocycles. The Morgan fingerprint density at radius 2 is 2.11 bits per heavy atom. The van der Waals surface area contributed by atoms with Crippen molar-refractivity contribution < 1.29 is 4.74 Å². The molecule has 0 radical (unpaired) electrons. The maximum absolute atomic E-state index is 5.69. The van der Waals surface area contributed by atoms with Crippen LogP contribution < -0.4 is 11.3 Å². The van der Waals surface area contributed by atoms with Gasteiger partial charge in [0.2, 0.25) is 0 Å². The number of thioether (sulfide) groups is 1. The summed E-state index contributed by atoms with van der Waals surface area (Å²) in [4.78, 5) is 1.27. The van der Waals surface area contributed by atoms with Gasteiger partial charge in [0.25, 0.3) is 0 Å². The standard InChI is InChI=1S/C13H19BrN2OS/c14-11-3-1-2-4-13(11)18-9-12(16-15)10-5-7-17-8-6-10/h1-4,10,12,16H,5-9,15H2. The molecule has 1 heterocycles. The highest BCUT2D eigenvalue weighted by molar-refractivity contribution is 9.10. The summed E-state index contributed by atoms with van der Waals surface area (Å²) in [5.41, 5.74) is 2.97. The average molecular weight is 331 g/mol. The first kappa shape index (κ1) is 14.3. The summed E-state index contributed by atoms with van der Waals surface area (Å²) >= 11 is 5.42. The van der Waals surface area contributed by atoms with E-state index in [1.807, 2.05) is 17.8 Å². The topological polar surface area (TPSA) is 47.3 Å². The second-order valence-corrected chi connectivity index (χ2v) is 6.38. The third-order valence-electron chi connectivity index (χ3n) is 3.30. The lowest BCUT2D eigenvalue weighted by Gasteiger charge is -2.29. The van der Waals surface area contributed by atoms with Crippen LogP contribution >= 0.6 is 27.7 Å². The van der Waals surface area contributed by atoms with Gasteiger partial charge in [-0.05, 0) is 46.8 Å². The molecule has 5 heteroatoms. The molecule has 0 bridgehead atoms. The minimum atomic E-state index is 0.353. The van der Waals surface area contributed by atoms with Crippen molar-refractivity contribution in [2.75, 3.05) is 19.0 Å². The van der Waals surface area contributed by atoms with Crippen molar-refractivity contribution in [1.29, 1.82) is 0 Å². The van der Waals surface area contributed by atoms with Crippen LogP contribution in [0, 0.1) is 5.92 Å². The molecule has 1 unspecified atom stereocenters. The Hall–Kier alpha value is -0.0700. The van der Waals surface area contributed by atoms with E-state index in [0.29, 0.717) is 12.0 Å². The van der Waals surface area contributed by atoms with Gasteiger partial charge in [-0.15, -0.1) is 11.8 Å². The van der Waals surface area contributed by atoms with Crippen LogP contribution in [-0.2, 0) is 4.74 Å². The molecule has 2 rings (SSSR count). The molecule has 1 aliphatic heterocycles. The fourth-order valence-corrected chi connectivity index (χ4v) is 3.92. The summed E-state index contributed by atoms with van der Waals surface area (Å²) in [5, 5.41) is 0. The number of halogens is 1. The number of nitrogens with two attached hydrogens (primary N) is 1. The number of hydrogen-bond acceptors (Lipinski definition) is 4. The third kappa shape index (κ3) is 3.96. The smallest absolute Gasteiger partial charge is 0.0469 e. The van der Waals surface area contributed by atoms with Gasteiger partial charge in [0, 0.05) is 34.4 Å². The fourth-order valence-electron chi connectivity index (χ4n) is 2.18. The molecule has 3 N–H and O–H groups in total. The van der Waals surface area contributed by atoms with Gasteiger partial charge >= 0.3 is 0 Å². The van der Waals surface area contributed by atoms with E-state index in [2.05, 4.69) is 39.6 Å². The predicted molar refractivity (Wildman–Crippen MR) is 79.5 cm³/mol. The van der Waals surface area contributed by atoms with Gasteiger partial charge in [0.15, 0.2) is 0 Å². The third-order valence-corrected chi connectivity index (χ3v) is 5.45. The molecule has 1 atom stereocenters. The van der Waals surface area contributed by atoms with E-state index < -0.39 is 0 Å². The first-order valence-electron chi connectivity index (χ1n) is 6.22. The van der Waals surface area contributed by atoms with E-state index in [1.54, 1.807) is 0 Å². The average Bonchev–Trinajstić information content (AvgIpc) is 2.42. The van der Waals surface area contributed by atoms with E-state index in [1.165, 1.54) is 4.90 Å². The monoisotopic (exact) mass is 330 g/mol. The number of benzene rings is 1. The van der Waals surface area contributed by atoms with Crippen molar-refractivity contribution in [2.45, 2.75) is 23.8 Å². The summed E-state index contributed by atoms with van der Waals surface area (Å²) < 4.78 is 6.54. The molecular weight excluding hydrogens is 312 g/mol. The lowest BCUT2D eigenvalue weighted by molar-refractivity contribution is 0.0566. The molecule has 1 aromatic rings. The van der Waals surface area contributed by atoms with Gasteiger partial charge in [-0.1, -0.05) is 12.1 Å². The second kappa shape index (κ2) is 7.50. The van der Waals surface area contributed by atoms with Crippen LogP contribution in [0.25, 0.3) is 0 Å². The maximum Gasteiger partial charge on any atom is 0.0469 e. The Bertz CT molecular complexity index is 372. The molecule has 1 saturated heterocycles. The van der Waals surface area contributed by atoms with Crippen LogP contribution in [0.5, 0.6) is 0 Å². The molecule has 18 heavy (non-hydrogen) atoms. The van der Waals surface area contributed by atoms with Crippen LogP contribution in [0.4, 0.5) is 0 Å². The molecule has 1 fully saturated rings. The lowest BCUT2D eigenvalue weighted by atomic mass is 9.93. The number of hydrazine groups is 1. The molecule has 0 amide bonds. The minimum absolute atomic E-state index is 0.353. The highest BCUT2D eigenvalue weighted by Gasteiger charge is 2.23. The van der Waals surface area contributed by atoms with Gasteiger partial charge < -0.3 is 4.74 Å². The summed E-state index contributed by atoms with van der Waals surface area (Å²) in [7, 11) is 0. The normalized spacial score (nSPS) is 18.8. The first-order chi connectivity index (χ1) is 8.81. The quantitative estimate of drug-likeness (QED) is 0.495. The van der Waals surface area contributed by atoms with Gasteiger partial charge in [-0.2, -0.15) is 0 Å². The van der Waals surface area contributed by atoms with Crippen molar-refractivity contribution >= 4 is 27.7 Å². The largest absolute Gasteiger partial charge is 0.381 e. The molecule has 3 nitrogen and oxygen atoms in total. The minimum Gasteiger partial charge on any atom is -0.381 e. The van der Waals surface area contributed by atoms with Crippen molar-refractivity contribution in [3.8, 4) is 0 Å². The Morgan fingerprint density at radius 1 is 1.39 bits per heavy atom. The fraction of sp³-hybridized carbons (Fsp3) is 0.538. The molecule has 1 aliphatic rings. The van der Waals surface area contributed by atoms with Crippen LogP contribution in [0.3, 0.4) is 0 Å². The van der Waals surface area contributed by atoms with Crippen molar-refractivity contribution in [3.63, 3.8) is 0 Å². The van der Waals surface area contributed by atoms with Gasteiger partial charge in [0.05, 0.1) is 0 Å². The number of ether oxygens (including phenoxy) is 1. The SMILES string of the molecule is NNC(CSc1ccccc1Br)C1CCOCC1. The maximum atomic E-state index is 5.69. The summed E-state index contributed by atoms with van der Waals surface area (Å²) in [6, 6.07) is 8.65. The molecule has 1 aromatic carbocycles. The number of rotatable bonds is 5. The van der Waals surface area contributed by atoms with E-state index in [4.69, 9.17) is 10.6 Å². The van der Waals surface area contributed by atoms with E-state index in [-0.39, 0.29) is 0 Å². The summed E-state index contributed by atoms with van der Waals surface area (Å²) in [6.07, 6.45) is 2.21. The lowest BCUT2D eigenvalue weighted by Crippen LogP contribution is -2.44. The van der Waals surface area contributed by atoms with Crippen LogP contribution in [0.1, 0.15) is 12.8 Å². The molecular formula is C13H19BrN2OS. The Kier molecular flexibility index (Phi) is 5.98. The van der Waals surface area contributed by atoms with Crippen LogP contribution in [0.2, 0.25) is 0 Å². The Morgan fingerprint density at radius 3 is 2.78 bits per heavy atom. The zero-order chi connectivity index (χ0) is 12.8. The van der Waals surface area contributed by atoms with Gasteiger partial charge in [-0.25, -0.2) is 0 Å². The molecule has 0 aliphatic carbocycles. The summed E-state index contributed by atoms with van der Waals surface area (Å²) in [6.45, 7) is 1.73. The molecule has 0 spiro atoms. The molecule has 100 valence electrons. The zero-order valence-electron chi connectivity index (χ0n) is 10.3. The van der Waals surface area contributed by atoms with E-state index in [0.717, 1.165) is 36.3 Å². The van der Waals surface area contributed by atoms with Gasteiger partial charge in [-0.3, -0.25) is 11.3 Å².